The minimum absolute atomic E-state index is 0.0234. The van der Waals surface area contributed by atoms with E-state index in [2.05, 4.69) is 9.71 Å². The molecule has 0 fully saturated rings. The molecule has 0 radical (unpaired) electrons. The quantitative estimate of drug-likeness (QED) is 0.859. The highest BCUT2D eigenvalue weighted by atomic mass is 35.5. The summed E-state index contributed by atoms with van der Waals surface area (Å²) < 4.78 is 38.7. The molecule has 0 amide bonds. The second-order valence-corrected chi connectivity index (χ2v) is 6.49. The van der Waals surface area contributed by atoms with Crippen LogP contribution in [-0.2, 0) is 23.6 Å². The number of methoxy groups -OCH3 is 2. The Hall–Kier alpha value is -1.77. The summed E-state index contributed by atoms with van der Waals surface area (Å²) in [5.74, 6) is 1.15. The number of aryl methyl sites for hydroxylation is 1. The van der Waals surface area contributed by atoms with E-state index in [0.717, 1.165) is 0 Å². The Bertz CT molecular complexity index is 774. The molecule has 0 atom stereocenters. The first-order valence-corrected chi connectivity index (χ1v) is 8.12. The molecule has 1 heterocycles. The summed E-state index contributed by atoms with van der Waals surface area (Å²) in [4.78, 5) is 3.80. The summed E-state index contributed by atoms with van der Waals surface area (Å²) in [5.41, 5.74) is 0.637. The van der Waals surface area contributed by atoms with E-state index >= 15 is 0 Å². The standard InChI is InChI=1S/C13H16ClN3O4S/c1-17-8-15-13(12(17)14)22(18,19)16-7-9-6-10(20-2)4-5-11(9)21-3/h4-6,8,16H,7H2,1-3H3. The molecule has 0 unspecified atom stereocenters. The maximum Gasteiger partial charge on any atom is 0.261 e. The maximum atomic E-state index is 12.3. The summed E-state index contributed by atoms with van der Waals surface area (Å²) in [6.45, 7) is 0.0234. The molecule has 0 saturated carbocycles. The normalized spacial score (nSPS) is 11.5. The predicted molar refractivity (Wildman–Crippen MR) is 81.8 cm³/mol. The van der Waals surface area contributed by atoms with Gasteiger partial charge in [0.05, 0.1) is 20.5 Å². The highest BCUT2D eigenvalue weighted by Crippen LogP contribution is 2.25. The lowest BCUT2D eigenvalue weighted by atomic mass is 10.2. The van der Waals surface area contributed by atoms with Gasteiger partial charge in [0, 0.05) is 19.2 Å². The van der Waals surface area contributed by atoms with Crippen LogP contribution in [0.25, 0.3) is 0 Å². The molecule has 2 aromatic rings. The SMILES string of the molecule is COc1ccc(OC)c(CNS(=O)(=O)c2ncn(C)c2Cl)c1. The van der Waals surface area contributed by atoms with Gasteiger partial charge in [-0.2, -0.15) is 0 Å². The van der Waals surface area contributed by atoms with Crippen molar-refractivity contribution in [1.29, 1.82) is 0 Å². The third-order valence-corrected chi connectivity index (χ3v) is 4.92. The van der Waals surface area contributed by atoms with E-state index in [1.807, 2.05) is 0 Å². The molecule has 2 rings (SSSR count). The lowest BCUT2D eigenvalue weighted by molar-refractivity contribution is 0.398. The van der Waals surface area contributed by atoms with Crippen LogP contribution in [0.15, 0.2) is 29.6 Å². The Morgan fingerprint density at radius 1 is 1.32 bits per heavy atom. The van der Waals surface area contributed by atoms with Gasteiger partial charge in [0.15, 0.2) is 0 Å². The molecular weight excluding hydrogens is 330 g/mol. The van der Waals surface area contributed by atoms with Crippen LogP contribution in [0.1, 0.15) is 5.56 Å². The molecule has 9 heteroatoms. The van der Waals surface area contributed by atoms with E-state index in [1.54, 1.807) is 25.2 Å². The summed E-state index contributed by atoms with van der Waals surface area (Å²) >= 11 is 5.92. The van der Waals surface area contributed by atoms with Crippen molar-refractivity contribution in [1.82, 2.24) is 14.3 Å². The van der Waals surface area contributed by atoms with Gasteiger partial charge in [0.25, 0.3) is 10.0 Å². The molecule has 7 nitrogen and oxygen atoms in total. The van der Waals surface area contributed by atoms with Crippen LogP contribution in [0.4, 0.5) is 0 Å². The third kappa shape index (κ3) is 3.34. The van der Waals surface area contributed by atoms with Crippen LogP contribution in [0, 0.1) is 0 Å². The Morgan fingerprint density at radius 3 is 2.59 bits per heavy atom. The minimum Gasteiger partial charge on any atom is -0.497 e. The number of ether oxygens (including phenoxy) is 2. The fourth-order valence-corrected chi connectivity index (χ4v) is 3.27. The van der Waals surface area contributed by atoms with E-state index in [9.17, 15) is 8.42 Å². The molecule has 0 bridgehead atoms. The summed E-state index contributed by atoms with van der Waals surface area (Å²) in [7, 11) is 0.828. The van der Waals surface area contributed by atoms with Crippen molar-refractivity contribution < 1.29 is 17.9 Å². The summed E-state index contributed by atoms with van der Waals surface area (Å²) in [6, 6.07) is 5.13. The van der Waals surface area contributed by atoms with Gasteiger partial charge < -0.3 is 14.0 Å². The highest BCUT2D eigenvalue weighted by molar-refractivity contribution is 7.89. The first-order valence-electron chi connectivity index (χ1n) is 6.26. The van der Waals surface area contributed by atoms with Crippen LogP contribution in [0.2, 0.25) is 5.15 Å². The number of rotatable bonds is 6. The zero-order chi connectivity index (χ0) is 16.3. The second kappa shape index (κ2) is 6.55. The molecule has 1 aromatic heterocycles. The zero-order valence-electron chi connectivity index (χ0n) is 12.3. The lowest BCUT2D eigenvalue weighted by Gasteiger charge is -2.11. The monoisotopic (exact) mass is 345 g/mol. The summed E-state index contributed by atoms with van der Waals surface area (Å²) in [5, 5.41) is -0.163. The lowest BCUT2D eigenvalue weighted by Crippen LogP contribution is -2.24. The molecule has 22 heavy (non-hydrogen) atoms. The highest BCUT2D eigenvalue weighted by Gasteiger charge is 2.22. The maximum absolute atomic E-state index is 12.3. The molecule has 0 spiro atoms. The zero-order valence-corrected chi connectivity index (χ0v) is 13.9. The average Bonchev–Trinajstić information content (AvgIpc) is 2.85. The Morgan fingerprint density at radius 2 is 2.05 bits per heavy atom. The molecule has 0 aliphatic heterocycles. The van der Waals surface area contributed by atoms with Gasteiger partial charge in [0.2, 0.25) is 5.03 Å². The fourth-order valence-electron chi connectivity index (χ4n) is 1.84. The number of aromatic nitrogens is 2. The second-order valence-electron chi connectivity index (χ2n) is 4.45. The van der Waals surface area contributed by atoms with Gasteiger partial charge in [0.1, 0.15) is 16.7 Å². The van der Waals surface area contributed by atoms with E-state index in [4.69, 9.17) is 21.1 Å². The number of hydrogen-bond donors (Lipinski definition) is 1. The molecule has 0 aliphatic carbocycles. The Labute approximate surface area is 133 Å². The van der Waals surface area contributed by atoms with Crippen molar-refractivity contribution in [2.75, 3.05) is 14.2 Å². The van der Waals surface area contributed by atoms with Crippen molar-refractivity contribution >= 4 is 21.6 Å². The van der Waals surface area contributed by atoms with Crippen LogP contribution < -0.4 is 14.2 Å². The number of nitrogens with one attached hydrogen (secondary N) is 1. The average molecular weight is 346 g/mol. The minimum atomic E-state index is -3.82. The van der Waals surface area contributed by atoms with Crippen LogP contribution in [-0.4, -0.2) is 32.2 Å². The van der Waals surface area contributed by atoms with Crippen molar-refractivity contribution in [3.8, 4) is 11.5 Å². The fraction of sp³-hybridized carbons (Fsp3) is 0.308. The van der Waals surface area contributed by atoms with Gasteiger partial charge in [-0.05, 0) is 18.2 Å². The van der Waals surface area contributed by atoms with Crippen molar-refractivity contribution in [3.05, 3.63) is 35.2 Å². The van der Waals surface area contributed by atoms with Crippen LogP contribution in [0.5, 0.6) is 11.5 Å². The molecule has 0 aliphatic rings. The van der Waals surface area contributed by atoms with Crippen molar-refractivity contribution in [2.45, 2.75) is 11.6 Å². The first kappa shape index (κ1) is 16.6. The smallest absolute Gasteiger partial charge is 0.261 e. The van der Waals surface area contributed by atoms with Gasteiger partial charge in [-0.25, -0.2) is 18.1 Å². The largest absolute Gasteiger partial charge is 0.497 e. The Balaban J connectivity index is 2.24. The Kier molecular flexibility index (Phi) is 4.94. The van der Waals surface area contributed by atoms with E-state index < -0.39 is 10.0 Å². The van der Waals surface area contributed by atoms with Crippen LogP contribution >= 0.6 is 11.6 Å². The number of nitrogens with zero attached hydrogens (tertiary/aromatic N) is 2. The third-order valence-electron chi connectivity index (χ3n) is 3.03. The van der Waals surface area contributed by atoms with E-state index in [0.29, 0.717) is 17.1 Å². The topological polar surface area (TPSA) is 82.4 Å². The van der Waals surface area contributed by atoms with Gasteiger partial charge in [-0.1, -0.05) is 11.6 Å². The number of benzene rings is 1. The first-order chi connectivity index (χ1) is 10.4. The molecular formula is C13H16ClN3O4S. The molecule has 0 saturated heterocycles. The van der Waals surface area contributed by atoms with Gasteiger partial charge in [-0.3, -0.25) is 0 Å². The van der Waals surface area contributed by atoms with E-state index in [1.165, 1.54) is 25.1 Å². The van der Waals surface area contributed by atoms with Crippen molar-refractivity contribution in [2.24, 2.45) is 7.05 Å². The predicted octanol–water partition coefficient (Wildman–Crippen LogP) is 1.57. The van der Waals surface area contributed by atoms with Crippen LogP contribution in [0.3, 0.4) is 0 Å². The molecule has 120 valence electrons. The van der Waals surface area contributed by atoms with E-state index in [-0.39, 0.29) is 16.7 Å². The molecule has 1 aromatic carbocycles. The summed E-state index contributed by atoms with van der Waals surface area (Å²) in [6.07, 6.45) is 1.34. The van der Waals surface area contributed by atoms with Gasteiger partial charge >= 0.3 is 0 Å². The number of sulfonamides is 1. The van der Waals surface area contributed by atoms with Crippen molar-refractivity contribution in [3.63, 3.8) is 0 Å². The number of imidazole rings is 1. The van der Waals surface area contributed by atoms with Gasteiger partial charge in [-0.15, -0.1) is 0 Å². The number of hydrogen-bond acceptors (Lipinski definition) is 5. The molecule has 1 N–H and O–H groups in total. The number of halogens is 1.